The Kier molecular flexibility index (Phi) is 4.90. The second kappa shape index (κ2) is 7.50. The van der Waals surface area contributed by atoms with Crippen molar-refractivity contribution in [2.45, 2.75) is 0 Å². The second-order valence-electron chi connectivity index (χ2n) is 6.11. The number of rotatable bonds is 3. The van der Waals surface area contributed by atoms with E-state index >= 15 is 0 Å². The van der Waals surface area contributed by atoms with Gasteiger partial charge in [0.1, 0.15) is 5.58 Å². The molecule has 0 saturated heterocycles. The van der Waals surface area contributed by atoms with Gasteiger partial charge in [0.05, 0.1) is 21.2 Å². The maximum atomic E-state index is 12.4. The molecule has 0 aliphatic rings. The van der Waals surface area contributed by atoms with Crippen LogP contribution in [0.15, 0.2) is 82.0 Å². The largest absolute Gasteiger partial charge is 0.422 e. The molecule has 6 heteroatoms. The van der Waals surface area contributed by atoms with Crippen LogP contribution >= 0.6 is 23.2 Å². The third-order valence-electron chi connectivity index (χ3n) is 4.28. The van der Waals surface area contributed by atoms with Crippen LogP contribution in [0, 0.1) is 0 Å². The molecular formula is C22H13Cl2NO3. The average Bonchev–Trinajstić information content (AvgIpc) is 2.68. The highest BCUT2D eigenvalue weighted by Gasteiger charge is 2.14. The molecule has 1 amide bonds. The topological polar surface area (TPSA) is 59.3 Å². The van der Waals surface area contributed by atoms with E-state index in [0.29, 0.717) is 38.0 Å². The number of nitrogens with one attached hydrogen (secondary N) is 1. The van der Waals surface area contributed by atoms with Gasteiger partial charge < -0.3 is 9.73 Å². The first-order chi connectivity index (χ1) is 13.5. The third kappa shape index (κ3) is 3.52. The highest BCUT2D eigenvalue weighted by atomic mass is 35.5. The first-order valence-electron chi connectivity index (χ1n) is 8.41. The number of benzene rings is 3. The molecule has 0 bridgehead atoms. The molecule has 0 unspecified atom stereocenters. The van der Waals surface area contributed by atoms with Crippen LogP contribution in [0.2, 0.25) is 10.0 Å². The van der Waals surface area contributed by atoms with Crippen molar-refractivity contribution in [3.63, 3.8) is 0 Å². The Balaban J connectivity index is 1.67. The number of anilines is 1. The Morgan fingerprint density at radius 1 is 0.821 bits per heavy atom. The van der Waals surface area contributed by atoms with Crippen LogP contribution in [0.4, 0.5) is 5.69 Å². The van der Waals surface area contributed by atoms with Gasteiger partial charge in [-0.15, -0.1) is 0 Å². The summed E-state index contributed by atoms with van der Waals surface area (Å²) in [5.41, 5.74) is 1.76. The summed E-state index contributed by atoms with van der Waals surface area (Å²) >= 11 is 12.4. The van der Waals surface area contributed by atoms with Crippen molar-refractivity contribution in [2.24, 2.45) is 0 Å². The minimum atomic E-state index is -0.478. The third-order valence-corrected chi connectivity index (χ3v) is 4.92. The van der Waals surface area contributed by atoms with Crippen molar-refractivity contribution >= 4 is 45.8 Å². The van der Waals surface area contributed by atoms with Gasteiger partial charge >= 0.3 is 5.63 Å². The zero-order chi connectivity index (χ0) is 19.7. The number of carbonyl (C=O) groups is 1. The molecule has 0 aliphatic carbocycles. The van der Waals surface area contributed by atoms with Crippen LogP contribution in [0.25, 0.3) is 22.1 Å². The fourth-order valence-electron chi connectivity index (χ4n) is 2.90. The van der Waals surface area contributed by atoms with E-state index in [-0.39, 0.29) is 5.91 Å². The zero-order valence-corrected chi connectivity index (χ0v) is 15.9. The predicted molar refractivity (Wildman–Crippen MR) is 112 cm³/mol. The maximum absolute atomic E-state index is 12.4. The highest BCUT2D eigenvalue weighted by Crippen LogP contribution is 2.30. The van der Waals surface area contributed by atoms with E-state index in [1.165, 1.54) is 0 Å². The van der Waals surface area contributed by atoms with Crippen molar-refractivity contribution in [3.05, 3.63) is 98.8 Å². The Morgan fingerprint density at radius 3 is 2.36 bits per heavy atom. The monoisotopic (exact) mass is 409 g/mol. The van der Waals surface area contributed by atoms with Gasteiger partial charge in [-0.2, -0.15) is 0 Å². The smallest absolute Gasteiger partial charge is 0.344 e. The molecule has 4 nitrogen and oxygen atoms in total. The summed E-state index contributed by atoms with van der Waals surface area (Å²) in [6, 6.07) is 20.7. The second-order valence-corrected chi connectivity index (χ2v) is 6.93. The van der Waals surface area contributed by atoms with Gasteiger partial charge in [0.15, 0.2) is 0 Å². The Hall–Kier alpha value is -3.08. The van der Waals surface area contributed by atoms with E-state index in [1.807, 2.05) is 12.1 Å². The minimum Gasteiger partial charge on any atom is -0.422 e. The van der Waals surface area contributed by atoms with Gasteiger partial charge in [-0.1, -0.05) is 59.6 Å². The Morgan fingerprint density at radius 2 is 1.57 bits per heavy atom. The number of carbonyl (C=O) groups excluding carboxylic acids is 1. The summed E-state index contributed by atoms with van der Waals surface area (Å²) in [7, 11) is 0. The summed E-state index contributed by atoms with van der Waals surface area (Å²) in [5.74, 6) is -0.348. The molecule has 1 N–H and O–H groups in total. The minimum absolute atomic E-state index is 0.319. The highest BCUT2D eigenvalue weighted by molar-refractivity contribution is 6.35. The van der Waals surface area contributed by atoms with Crippen molar-refractivity contribution < 1.29 is 9.21 Å². The molecule has 3 aromatic carbocycles. The van der Waals surface area contributed by atoms with Crippen LogP contribution in [0.5, 0.6) is 0 Å². The molecule has 28 heavy (non-hydrogen) atoms. The Bertz CT molecular complexity index is 1260. The molecule has 0 atom stereocenters. The molecule has 0 fully saturated rings. The predicted octanol–water partition coefficient (Wildman–Crippen LogP) is 6.02. The first kappa shape index (κ1) is 18.3. The number of hydrogen-bond donors (Lipinski definition) is 1. The molecule has 1 aromatic heterocycles. The molecule has 4 rings (SSSR count). The lowest BCUT2D eigenvalue weighted by Gasteiger charge is -2.10. The molecule has 138 valence electrons. The lowest BCUT2D eigenvalue weighted by atomic mass is 10.1. The van der Waals surface area contributed by atoms with E-state index < -0.39 is 5.63 Å². The van der Waals surface area contributed by atoms with Crippen molar-refractivity contribution in [1.29, 1.82) is 0 Å². The van der Waals surface area contributed by atoms with Crippen LogP contribution in [0.1, 0.15) is 10.4 Å². The van der Waals surface area contributed by atoms with Gasteiger partial charge in [0, 0.05) is 16.6 Å². The lowest BCUT2D eigenvalue weighted by Crippen LogP contribution is -2.12. The van der Waals surface area contributed by atoms with Crippen molar-refractivity contribution in [2.75, 3.05) is 5.32 Å². The number of amides is 1. The fraction of sp³-hybridized carbons (Fsp3) is 0. The molecule has 0 aliphatic heterocycles. The van der Waals surface area contributed by atoms with Gasteiger partial charge in [-0.3, -0.25) is 4.79 Å². The summed E-state index contributed by atoms with van der Waals surface area (Å²) in [6.07, 6.45) is 0. The van der Waals surface area contributed by atoms with E-state index in [2.05, 4.69) is 5.32 Å². The standard InChI is InChI=1S/C22H13Cl2NO3/c23-18-7-3-2-6-16(18)21(26)25-14-9-10-15(19(24)12-14)17-11-13-5-1-4-8-20(13)28-22(17)27/h1-12H,(H,25,26). The van der Waals surface area contributed by atoms with Gasteiger partial charge in [0.2, 0.25) is 0 Å². The summed E-state index contributed by atoms with van der Waals surface area (Å²) in [4.78, 5) is 24.8. The first-order valence-corrected chi connectivity index (χ1v) is 9.17. The van der Waals surface area contributed by atoms with Gasteiger partial charge in [-0.25, -0.2) is 4.79 Å². The average molecular weight is 410 g/mol. The van der Waals surface area contributed by atoms with Crippen LogP contribution in [0.3, 0.4) is 0 Å². The summed E-state index contributed by atoms with van der Waals surface area (Å²) in [6.45, 7) is 0. The number of hydrogen-bond acceptors (Lipinski definition) is 3. The molecule has 0 saturated carbocycles. The lowest BCUT2D eigenvalue weighted by molar-refractivity contribution is 0.102. The van der Waals surface area contributed by atoms with E-state index in [9.17, 15) is 9.59 Å². The van der Waals surface area contributed by atoms with Crippen molar-refractivity contribution in [1.82, 2.24) is 0 Å². The number of para-hydroxylation sites is 1. The molecule has 0 radical (unpaired) electrons. The van der Waals surface area contributed by atoms with E-state index in [0.717, 1.165) is 5.39 Å². The Labute approximate surface area is 170 Å². The molecule has 0 spiro atoms. The summed E-state index contributed by atoms with van der Waals surface area (Å²) in [5, 5.41) is 4.23. The van der Waals surface area contributed by atoms with E-state index in [4.69, 9.17) is 27.6 Å². The summed E-state index contributed by atoms with van der Waals surface area (Å²) < 4.78 is 5.37. The van der Waals surface area contributed by atoms with Crippen LogP contribution < -0.4 is 10.9 Å². The van der Waals surface area contributed by atoms with Crippen LogP contribution in [-0.2, 0) is 0 Å². The fourth-order valence-corrected chi connectivity index (χ4v) is 3.41. The number of fused-ring (bicyclic) bond motifs is 1. The van der Waals surface area contributed by atoms with E-state index in [1.54, 1.807) is 60.7 Å². The normalized spacial score (nSPS) is 10.8. The number of halogens is 2. The zero-order valence-electron chi connectivity index (χ0n) is 14.4. The van der Waals surface area contributed by atoms with Crippen LogP contribution in [-0.4, -0.2) is 5.91 Å². The van der Waals surface area contributed by atoms with Crippen molar-refractivity contribution in [3.8, 4) is 11.1 Å². The quantitative estimate of drug-likeness (QED) is 0.420. The SMILES string of the molecule is O=C(Nc1ccc(-c2cc3ccccc3oc2=O)c(Cl)c1)c1ccccc1Cl. The maximum Gasteiger partial charge on any atom is 0.344 e. The van der Waals surface area contributed by atoms with Gasteiger partial charge in [0.25, 0.3) is 5.91 Å². The molecule has 1 heterocycles. The molecular weight excluding hydrogens is 397 g/mol. The van der Waals surface area contributed by atoms with Gasteiger partial charge in [-0.05, 0) is 36.4 Å². The molecule has 4 aromatic rings.